The van der Waals surface area contributed by atoms with E-state index in [2.05, 4.69) is 22.6 Å². The lowest BCUT2D eigenvalue weighted by atomic mass is 10.1. The molecule has 0 aliphatic carbocycles. The minimum Gasteiger partial charge on any atom is -0.466 e. The van der Waals surface area contributed by atoms with E-state index in [-0.39, 0.29) is 18.4 Å². The van der Waals surface area contributed by atoms with Crippen LogP contribution >= 0.6 is 22.6 Å². The number of esters is 1. The minimum atomic E-state index is -0.277. The Morgan fingerprint density at radius 1 is 1.44 bits per heavy atom. The summed E-state index contributed by atoms with van der Waals surface area (Å²) in [6, 6.07) is 7.57. The summed E-state index contributed by atoms with van der Waals surface area (Å²) in [6.45, 7) is 2.44. The molecule has 0 amide bonds. The topological polar surface area (TPSA) is 52.3 Å². The number of rotatable bonds is 5. The normalized spacial score (nSPS) is 12.2. The number of ether oxygens (including phenoxy) is 1. The van der Waals surface area contributed by atoms with Gasteiger partial charge in [-0.3, -0.25) is 4.79 Å². The monoisotopic (exact) mass is 333 g/mol. The average Bonchev–Trinajstić information content (AvgIpc) is 2.27. The van der Waals surface area contributed by atoms with E-state index in [0.717, 1.165) is 15.6 Å². The Labute approximate surface area is 109 Å². The molecule has 0 aliphatic heterocycles. The molecule has 1 aromatic carbocycles. The van der Waals surface area contributed by atoms with Gasteiger partial charge >= 0.3 is 5.97 Å². The Kier molecular flexibility index (Phi) is 5.76. The lowest BCUT2D eigenvalue weighted by Crippen LogP contribution is -2.17. The minimum absolute atomic E-state index is 0.229. The molecule has 0 aromatic heterocycles. The summed E-state index contributed by atoms with van der Waals surface area (Å²) in [6.07, 6.45) is 1.07. The van der Waals surface area contributed by atoms with Crippen LogP contribution in [0.2, 0.25) is 0 Å². The van der Waals surface area contributed by atoms with Crippen LogP contribution < -0.4 is 5.73 Å². The largest absolute Gasteiger partial charge is 0.466 e. The molecule has 0 bridgehead atoms. The second-order valence-corrected chi connectivity index (χ2v) is 4.83. The van der Waals surface area contributed by atoms with Crippen molar-refractivity contribution < 1.29 is 9.53 Å². The lowest BCUT2D eigenvalue weighted by Gasteiger charge is -2.11. The zero-order chi connectivity index (χ0) is 12.0. The van der Waals surface area contributed by atoms with Crippen LogP contribution in [0.4, 0.5) is 0 Å². The van der Waals surface area contributed by atoms with E-state index in [1.165, 1.54) is 0 Å². The first kappa shape index (κ1) is 13.4. The Bertz CT molecular complexity index is 337. The molecule has 0 saturated heterocycles. The molecule has 4 heteroatoms. The highest BCUT2D eigenvalue weighted by Crippen LogP contribution is 2.16. The summed E-state index contributed by atoms with van der Waals surface area (Å²) in [5.74, 6) is -0.229. The maximum atomic E-state index is 11.3. The van der Waals surface area contributed by atoms with Gasteiger partial charge < -0.3 is 10.5 Å². The molecule has 0 heterocycles. The highest BCUT2D eigenvalue weighted by Gasteiger charge is 2.12. The fraction of sp³-hybridized carbons (Fsp3) is 0.417. The van der Waals surface area contributed by atoms with Crippen LogP contribution in [0, 0.1) is 3.57 Å². The number of hydrogen-bond donors (Lipinski definition) is 1. The van der Waals surface area contributed by atoms with Crippen molar-refractivity contribution in [2.75, 3.05) is 6.61 Å². The van der Waals surface area contributed by atoms with E-state index in [1.54, 1.807) is 0 Å². The van der Waals surface area contributed by atoms with E-state index in [4.69, 9.17) is 10.5 Å². The van der Waals surface area contributed by atoms with Crippen LogP contribution in [-0.2, 0) is 9.53 Å². The molecule has 3 nitrogen and oxygen atoms in total. The van der Waals surface area contributed by atoms with E-state index >= 15 is 0 Å². The van der Waals surface area contributed by atoms with Crippen molar-refractivity contribution in [3.05, 3.63) is 33.4 Å². The van der Waals surface area contributed by atoms with Gasteiger partial charge in [0.1, 0.15) is 0 Å². The Morgan fingerprint density at radius 3 is 2.62 bits per heavy atom. The molecule has 2 N–H and O–H groups in total. The van der Waals surface area contributed by atoms with Gasteiger partial charge in [0.05, 0.1) is 13.0 Å². The molecule has 1 atom stereocenters. The van der Waals surface area contributed by atoms with Crippen LogP contribution in [0.15, 0.2) is 24.3 Å². The van der Waals surface area contributed by atoms with Gasteiger partial charge in [-0.25, -0.2) is 0 Å². The number of carbonyl (C=O) groups is 1. The molecule has 88 valence electrons. The Hall–Kier alpha value is -0.620. The summed E-state index contributed by atoms with van der Waals surface area (Å²) in [5.41, 5.74) is 6.88. The van der Waals surface area contributed by atoms with Gasteiger partial charge in [-0.15, -0.1) is 0 Å². The van der Waals surface area contributed by atoms with Gasteiger partial charge in [-0.1, -0.05) is 19.1 Å². The maximum Gasteiger partial charge on any atom is 0.307 e. The second kappa shape index (κ2) is 6.85. The molecular weight excluding hydrogens is 317 g/mol. The fourth-order valence-corrected chi connectivity index (χ4v) is 1.64. The second-order valence-electron chi connectivity index (χ2n) is 3.58. The van der Waals surface area contributed by atoms with Crippen molar-refractivity contribution in [2.45, 2.75) is 25.8 Å². The Balaban J connectivity index is 2.48. The number of benzene rings is 1. The number of carbonyl (C=O) groups excluding carboxylic acids is 1. The van der Waals surface area contributed by atoms with Crippen LogP contribution in [0.3, 0.4) is 0 Å². The van der Waals surface area contributed by atoms with Crippen LogP contribution in [0.1, 0.15) is 31.4 Å². The summed E-state index contributed by atoms with van der Waals surface area (Å²) in [4.78, 5) is 11.3. The average molecular weight is 333 g/mol. The molecular formula is C12H16INO2. The summed E-state index contributed by atoms with van der Waals surface area (Å²) < 4.78 is 6.14. The van der Waals surface area contributed by atoms with Crippen LogP contribution in [-0.4, -0.2) is 12.6 Å². The quantitative estimate of drug-likeness (QED) is 0.666. The first-order chi connectivity index (χ1) is 7.63. The predicted molar refractivity (Wildman–Crippen MR) is 72.0 cm³/mol. The fourth-order valence-electron chi connectivity index (χ4n) is 1.28. The van der Waals surface area contributed by atoms with Gasteiger partial charge in [0.25, 0.3) is 0 Å². The van der Waals surface area contributed by atoms with Crippen molar-refractivity contribution in [1.29, 1.82) is 0 Å². The lowest BCUT2D eigenvalue weighted by molar-refractivity contribution is -0.144. The molecule has 1 rings (SSSR count). The standard InChI is InChI=1S/C12H16INO2/c1-2-7-16-12(15)8-11(14)9-3-5-10(13)6-4-9/h3-6,11H,2,7-8,14H2,1H3. The third kappa shape index (κ3) is 4.49. The molecule has 16 heavy (non-hydrogen) atoms. The predicted octanol–water partition coefficient (Wildman–Crippen LogP) is 2.63. The highest BCUT2D eigenvalue weighted by atomic mass is 127. The molecule has 0 fully saturated rings. The van der Waals surface area contributed by atoms with Gasteiger partial charge in [0, 0.05) is 9.61 Å². The van der Waals surface area contributed by atoms with Crippen molar-refractivity contribution in [3.63, 3.8) is 0 Å². The maximum absolute atomic E-state index is 11.3. The number of nitrogens with two attached hydrogens (primary N) is 1. The van der Waals surface area contributed by atoms with Crippen molar-refractivity contribution >= 4 is 28.6 Å². The van der Waals surface area contributed by atoms with Crippen LogP contribution in [0.25, 0.3) is 0 Å². The zero-order valence-electron chi connectivity index (χ0n) is 9.28. The van der Waals surface area contributed by atoms with Crippen molar-refractivity contribution in [2.24, 2.45) is 5.73 Å². The molecule has 1 unspecified atom stereocenters. The van der Waals surface area contributed by atoms with E-state index in [1.807, 2.05) is 31.2 Å². The van der Waals surface area contributed by atoms with E-state index < -0.39 is 0 Å². The molecule has 1 aromatic rings. The third-order valence-electron chi connectivity index (χ3n) is 2.15. The van der Waals surface area contributed by atoms with Gasteiger partial charge in [0.2, 0.25) is 0 Å². The SMILES string of the molecule is CCCOC(=O)CC(N)c1ccc(I)cc1. The van der Waals surface area contributed by atoms with Crippen molar-refractivity contribution in [1.82, 2.24) is 0 Å². The van der Waals surface area contributed by atoms with Gasteiger partial charge in [0.15, 0.2) is 0 Å². The number of halogens is 1. The molecule has 0 aliphatic rings. The van der Waals surface area contributed by atoms with Crippen molar-refractivity contribution in [3.8, 4) is 0 Å². The van der Waals surface area contributed by atoms with E-state index in [0.29, 0.717) is 6.61 Å². The molecule has 0 spiro atoms. The number of hydrogen-bond acceptors (Lipinski definition) is 3. The highest BCUT2D eigenvalue weighted by molar-refractivity contribution is 14.1. The summed E-state index contributed by atoms with van der Waals surface area (Å²) >= 11 is 2.23. The van der Waals surface area contributed by atoms with E-state index in [9.17, 15) is 4.79 Å². The summed E-state index contributed by atoms with van der Waals surface area (Å²) in [7, 11) is 0. The van der Waals surface area contributed by atoms with Gasteiger partial charge in [-0.05, 0) is 46.7 Å². The van der Waals surface area contributed by atoms with Crippen LogP contribution in [0.5, 0.6) is 0 Å². The van der Waals surface area contributed by atoms with Gasteiger partial charge in [-0.2, -0.15) is 0 Å². The molecule has 0 saturated carbocycles. The zero-order valence-corrected chi connectivity index (χ0v) is 11.4. The first-order valence-corrected chi connectivity index (χ1v) is 6.38. The third-order valence-corrected chi connectivity index (χ3v) is 2.87. The smallest absolute Gasteiger partial charge is 0.307 e. The Morgan fingerprint density at radius 2 is 2.06 bits per heavy atom. The summed E-state index contributed by atoms with van der Waals surface area (Å²) in [5, 5.41) is 0. The molecule has 0 radical (unpaired) electrons. The first-order valence-electron chi connectivity index (χ1n) is 5.30.